The maximum absolute atomic E-state index is 12.1. The van der Waals surface area contributed by atoms with Crippen LogP contribution in [0, 0.1) is 0 Å². The number of hydrogen-bond donors (Lipinski definition) is 1. The normalized spacial score (nSPS) is 24.1. The van der Waals surface area contributed by atoms with Gasteiger partial charge in [-0.25, -0.2) is 9.59 Å². The maximum Gasteiger partial charge on any atom is 0.408 e. The first-order valence-electron chi connectivity index (χ1n) is 6.93. The zero-order chi connectivity index (χ0) is 15.7. The zero-order valence-corrected chi connectivity index (χ0v) is 12.8. The Balaban J connectivity index is 2.15. The lowest BCUT2D eigenvalue weighted by atomic mass is 10.1. The van der Waals surface area contributed by atoms with E-state index in [1.807, 2.05) is 30.3 Å². The number of nitrogens with one attached hydrogen (secondary N) is 1. The Morgan fingerprint density at radius 3 is 2.38 bits per heavy atom. The van der Waals surface area contributed by atoms with Crippen LogP contribution in [-0.4, -0.2) is 30.3 Å². The number of carbonyl (C=O) groups is 2. The molecule has 0 bridgehead atoms. The lowest BCUT2D eigenvalue weighted by molar-refractivity contribution is -0.144. The highest BCUT2D eigenvalue weighted by molar-refractivity contribution is 5.91. The number of methoxy groups -OCH3 is 1. The van der Waals surface area contributed by atoms with Crippen molar-refractivity contribution in [1.82, 2.24) is 5.32 Å². The van der Waals surface area contributed by atoms with E-state index in [1.54, 1.807) is 20.8 Å². The average molecular weight is 291 g/mol. The zero-order valence-electron chi connectivity index (χ0n) is 12.8. The monoisotopic (exact) mass is 291 g/mol. The molecule has 0 aromatic heterocycles. The van der Waals surface area contributed by atoms with E-state index in [0.717, 1.165) is 5.56 Å². The van der Waals surface area contributed by atoms with Crippen molar-refractivity contribution < 1.29 is 19.1 Å². The van der Waals surface area contributed by atoms with Crippen molar-refractivity contribution in [2.24, 2.45) is 0 Å². The minimum atomic E-state index is -1.02. The number of hydrogen-bond acceptors (Lipinski definition) is 4. The summed E-state index contributed by atoms with van der Waals surface area (Å²) >= 11 is 0. The first kappa shape index (κ1) is 15.4. The lowest BCUT2D eigenvalue weighted by Crippen LogP contribution is -2.47. The van der Waals surface area contributed by atoms with Crippen LogP contribution in [0.2, 0.25) is 0 Å². The predicted octanol–water partition coefficient (Wildman–Crippen LogP) is 2.61. The van der Waals surface area contributed by atoms with E-state index < -0.39 is 23.2 Å². The van der Waals surface area contributed by atoms with Crippen LogP contribution in [0.3, 0.4) is 0 Å². The predicted molar refractivity (Wildman–Crippen MR) is 77.9 cm³/mol. The molecule has 5 heteroatoms. The fourth-order valence-electron chi connectivity index (χ4n) is 2.43. The van der Waals surface area contributed by atoms with Crippen LogP contribution in [0.1, 0.15) is 38.7 Å². The molecule has 1 aromatic carbocycles. The second-order valence-electron chi connectivity index (χ2n) is 6.26. The molecule has 0 radical (unpaired) electrons. The fourth-order valence-corrected chi connectivity index (χ4v) is 2.43. The molecule has 21 heavy (non-hydrogen) atoms. The number of esters is 1. The van der Waals surface area contributed by atoms with Crippen LogP contribution in [-0.2, 0) is 14.3 Å². The van der Waals surface area contributed by atoms with Crippen molar-refractivity contribution in [3.8, 4) is 0 Å². The first-order valence-corrected chi connectivity index (χ1v) is 6.93. The van der Waals surface area contributed by atoms with Gasteiger partial charge in [0.05, 0.1) is 7.11 Å². The van der Waals surface area contributed by atoms with Crippen LogP contribution in [0.25, 0.3) is 0 Å². The van der Waals surface area contributed by atoms with Crippen molar-refractivity contribution >= 4 is 12.1 Å². The number of amides is 1. The Bertz CT molecular complexity index is 535. The second-order valence-corrected chi connectivity index (χ2v) is 6.26. The summed E-state index contributed by atoms with van der Waals surface area (Å²) in [5.41, 5.74) is -0.629. The average Bonchev–Trinajstić information content (AvgIpc) is 3.12. The molecule has 5 nitrogen and oxygen atoms in total. The Labute approximate surface area is 124 Å². The van der Waals surface area contributed by atoms with Gasteiger partial charge in [0.2, 0.25) is 0 Å². The van der Waals surface area contributed by atoms with Gasteiger partial charge in [0.1, 0.15) is 11.1 Å². The highest BCUT2D eigenvalue weighted by Gasteiger charge is 2.63. The number of ether oxygens (including phenoxy) is 2. The fraction of sp³-hybridized carbons (Fsp3) is 0.500. The molecule has 0 spiro atoms. The summed E-state index contributed by atoms with van der Waals surface area (Å²) < 4.78 is 10.1. The van der Waals surface area contributed by atoms with Gasteiger partial charge in [-0.05, 0) is 32.8 Å². The number of rotatable bonds is 3. The maximum atomic E-state index is 12.1. The third-order valence-electron chi connectivity index (χ3n) is 3.44. The molecule has 1 aliphatic rings. The Morgan fingerprint density at radius 1 is 1.24 bits per heavy atom. The van der Waals surface area contributed by atoms with Crippen LogP contribution in [0.15, 0.2) is 30.3 Å². The summed E-state index contributed by atoms with van der Waals surface area (Å²) in [5, 5.41) is 2.69. The van der Waals surface area contributed by atoms with E-state index in [9.17, 15) is 9.59 Å². The van der Waals surface area contributed by atoms with Gasteiger partial charge in [0.25, 0.3) is 0 Å². The van der Waals surface area contributed by atoms with Gasteiger partial charge >= 0.3 is 12.1 Å². The molecule has 2 atom stereocenters. The van der Waals surface area contributed by atoms with E-state index in [0.29, 0.717) is 6.42 Å². The van der Waals surface area contributed by atoms with Crippen molar-refractivity contribution in [2.45, 2.75) is 44.2 Å². The van der Waals surface area contributed by atoms with Gasteiger partial charge in [-0.3, -0.25) is 0 Å². The smallest absolute Gasteiger partial charge is 0.408 e. The van der Waals surface area contributed by atoms with Crippen LogP contribution in [0.4, 0.5) is 4.79 Å². The van der Waals surface area contributed by atoms with Crippen LogP contribution >= 0.6 is 0 Å². The molecule has 0 aliphatic heterocycles. The van der Waals surface area contributed by atoms with Crippen LogP contribution in [0.5, 0.6) is 0 Å². The van der Waals surface area contributed by atoms with Crippen LogP contribution < -0.4 is 5.32 Å². The molecular formula is C16H21NO4. The standard InChI is InChI=1S/C16H21NO4/c1-15(2,3)21-14(19)17-16(13(18)20-4)10-12(16)11-8-6-5-7-9-11/h5-9,12H,10H2,1-4H3,(H,17,19)/t12-,16+/m0/s1. The second kappa shape index (κ2) is 5.39. The minimum absolute atomic E-state index is 0.0846. The lowest BCUT2D eigenvalue weighted by Gasteiger charge is -2.23. The number of carbonyl (C=O) groups excluding carboxylic acids is 2. The molecule has 1 fully saturated rings. The number of benzene rings is 1. The molecule has 2 rings (SSSR count). The van der Waals surface area contributed by atoms with Gasteiger partial charge in [-0.1, -0.05) is 30.3 Å². The Hall–Kier alpha value is -2.04. The summed E-state index contributed by atoms with van der Waals surface area (Å²) in [6, 6.07) is 9.59. The van der Waals surface area contributed by atoms with Crippen molar-refractivity contribution in [3.63, 3.8) is 0 Å². The molecule has 1 N–H and O–H groups in total. The summed E-state index contributed by atoms with van der Waals surface area (Å²) in [4.78, 5) is 24.1. The summed E-state index contributed by atoms with van der Waals surface area (Å²) in [6.45, 7) is 5.33. The highest BCUT2D eigenvalue weighted by Crippen LogP contribution is 2.52. The van der Waals surface area contributed by atoms with Gasteiger partial charge in [0.15, 0.2) is 0 Å². The van der Waals surface area contributed by atoms with Crippen molar-refractivity contribution in [1.29, 1.82) is 0 Å². The molecule has 1 aliphatic carbocycles. The molecule has 0 heterocycles. The molecular weight excluding hydrogens is 270 g/mol. The SMILES string of the molecule is COC(=O)[C@@]1(NC(=O)OC(C)(C)C)C[C@H]1c1ccccc1. The summed E-state index contributed by atoms with van der Waals surface area (Å²) in [6.07, 6.45) is -0.0885. The van der Waals surface area contributed by atoms with E-state index in [2.05, 4.69) is 5.32 Å². The topological polar surface area (TPSA) is 64.6 Å². The van der Waals surface area contributed by atoms with Crippen molar-refractivity contribution in [3.05, 3.63) is 35.9 Å². The third kappa shape index (κ3) is 3.35. The molecule has 0 saturated heterocycles. The molecule has 1 saturated carbocycles. The Kier molecular flexibility index (Phi) is 3.94. The molecule has 0 unspecified atom stereocenters. The van der Waals surface area contributed by atoms with Gasteiger partial charge in [0, 0.05) is 5.92 Å². The third-order valence-corrected chi connectivity index (χ3v) is 3.44. The summed E-state index contributed by atoms with van der Waals surface area (Å²) in [5.74, 6) is -0.527. The number of alkyl carbamates (subject to hydrolysis) is 1. The molecule has 114 valence electrons. The first-order chi connectivity index (χ1) is 9.78. The van der Waals surface area contributed by atoms with Gasteiger partial charge in [-0.15, -0.1) is 0 Å². The van der Waals surface area contributed by atoms with Gasteiger partial charge < -0.3 is 14.8 Å². The minimum Gasteiger partial charge on any atom is -0.467 e. The largest absolute Gasteiger partial charge is 0.467 e. The molecule has 1 aromatic rings. The molecule has 1 amide bonds. The highest BCUT2D eigenvalue weighted by atomic mass is 16.6. The van der Waals surface area contributed by atoms with E-state index >= 15 is 0 Å². The van der Waals surface area contributed by atoms with E-state index in [1.165, 1.54) is 7.11 Å². The van der Waals surface area contributed by atoms with Gasteiger partial charge in [-0.2, -0.15) is 0 Å². The quantitative estimate of drug-likeness (QED) is 0.869. The van der Waals surface area contributed by atoms with E-state index in [-0.39, 0.29) is 5.92 Å². The Morgan fingerprint density at radius 2 is 1.86 bits per heavy atom. The van der Waals surface area contributed by atoms with Crippen molar-refractivity contribution in [2.75, 3.05) is 7.11 Å². The van der Waals surface area contributed by atoms with E-state index in [4.69, 9.17) is 9.47 Å². The summed E-state index contributed by atoms with van der Waals surface area (Å²) in [7, 11) is 1.32.